The largest absolute Gasteiger partial charge is 0.482 e. The van der Waals surface area contributed by atoms with Crippen LogP contribution < -0.4 is 10.1 Å². The Morgan fingerprint density at radius 2 is 1.96 bits per heavy atom. The van der Waals surface area contributed by atoms with Gasteiger partial charge in [-0.1, -0.05) is 13.3 Å². The second-order valence-corrected chi connectivity index (χ2v) is 6.55. The highest BCUT2D eigenvalue weighted by Gasteiger charge is 2.15. The van der Waals surface area contributed by atoms with E-state index in [4.69, 9.17) is 4.74 Å². The molecule has 1 aromatic heterocycles. The molecule has 0 radical (unpaired) electrons. The van der Waals surface area contributed by atoms with Gasteiger partial charge in [0.05, 0.1) is 17.8 Å². The molecular formula is C18H22N2O4S. The molecule has 2 aromatic rings. The minimum absolute atomic E-state index is 0.150. The SMILES string of the molecule is CCCCc1nc(C)c(C(=O)Nc2ccc(OCC(=O)OC)cc2)s1. The summed E-state index contributed by atoms with van der Waals surface area (Å²) >= 11 is 1.44. The maximum Gasteiger partial charge on any atom is 0.343 e. The van der Waals surface area contributed by atoms with Crippen molar-refractivity contribution in [2.45, 2.75) is 33.1 Å². The number of hydrogen-bond acceptors (Lipinski definition) is 6. The zero-order valence-corrected chi connectivity index (χ0v) is 15.4. The van der Waals surface area contributed by atoms with Crippen molar-refractivity contribution in [1.82, 2.24) is 4.98 Å². The summed E-state index contributed by atoms with van der Waals surface area (Å²) in [5.74, 6) is -0.0860. The number of unbranched alkanes of at least 4 members (excludes halogenated alkanes) is 1. The van der Waals surface area contributed by atoms with Crippen molar-refractivity contribution in [3.05, 3.63) is 39.8 Å². The van der Waals surface area contributed by atoms with Crippen molar-refractivity contribution in [2.75, 3.05) is 19.0 Å². The van der Waals surface area contributed by atoms with Crippen molar-refractivity contribution >= 4 is 28.9 Å². The molecule has 0 aliphatic rings. The summed E-state index contributed by atoms with van der Waals surface area (Å²) in [6.45, 7) is 3.83. The fraction of sp³-hybridized carbons (Fsp3) is 0.389. The molecule has 0 atom stereocenters. The minimum atomic E-state index is -0.447. The number of esters is 1. The summed E-state index contributed by atoms with van der Waals surface area (Å²) in [6.07, 6.45) is 3.08. The lowest BCUT2D eigenvalue weighted by Gasteiger charge is -2.07. The molecule has 0 aliphatic carbocycles. The normalized spacial score (nSPS) is 10.4. The van der Waals surface area contributed by atoms with Gasteiger partial charge in [0.15, 0.2) is 6.61 Å². The van der Waals surface area contributed by atoms with E-state index in [1.165, 1.54) is 18.4 Å². The van der Waals surface area contributed by atoms with E-state index in [1.807, 2.05) is 6.92 Å². The third-order valence-corrected chi connectivity index (χ3v) is 4.70. The highest BCUT2D eigenvalue weighted by atomic mass is 32.1. The molecule has 1 N–H and O–H groups in total. The molecule has 0 aliphatic heterocycles. The second-order valence-electron chi connectivity index (χ2n) is 5.47. The molecule has 7 heteroatoms. The van der Waals surface area contributed by atoms with Gasteiger partial charge in [-0.05, 0) is 44.0 Å². The van der Waals surface area contributed by atoms with E-state index in [9.17, 15) is 9.59 Å². The fourth-order valence-electron chi connectivity index (χ4n) is 2.12. The van der Waals surface area contributed by atoms with Crippen LogP contribution in [0.5, 0.6) is 5.75 Å². The van der Waals surface area contributed by atoms with E-state index in [-0.39, 0.29) is 12.5 Å². The van der Waals surface area contributed by atoms with E-state index in [2.05, 4.69) is 22.0 Å². The number of hydrogen-bond donors (Lipinski definition) is 1. The Balaban J connectivity index is 1.96. The predicted molar refractivity (Wildman–Crippen MR) is 97.4 cm³/mol. The van der Waals surface area contributed by atoms with Crippen molar-refractivity contribution in [3.63, 3.8) is 0 Å². The van der Waals surface area contributed by atoms with Crippen molar-refractivity contribution < 1.29 is 19.1 Å². The van der Waals surface area contributed by atoms with Crippen LogP contribution in [0.25, 0.3) is 0 Å². The van der Waals surface area contributed by atoms with Crippen LogP contribution in [0, 0.1) is 6.92 Å². The molecule has 0 saturated carbocycles. The average molecular weight is 362 g/mol. The number of carbonyl (C=O) groups is 2. The summed E-state index contributed by atoms with van der Waals surface area (Å²) in [6, 6.07) is 6.81. The molecule has 25 heavy (non-hydrogen) atoms. The molecule has 0 unspecified atom stereocenters. The van der Waals surface area contributed by atoms with Crippen LogP contribution in [-0.4, -0.2) is 30.6 Å². The Bertz CT molecular complexity index is 725. The highest BCUT2D eigenvalue weighted by Crippen LogP contribution is 2.22. The molecule has 0 bridgehead atoms. The van der Waals surface area contributed by atoms with Crippen LogP contribution in [0.3, 0.4) is 0 Å². The number of aryl methyl sites for hydroxylation is 2. The maximum absolute atomic E-state index is 12.4. The number of aromatic nitrogens is 1. The highest BCUT2D eigenvalue weighted by molar-refractivity contribution is 7.13. The van der Waals surface area contributed by atoms with E-state index >= 15 is 0 Å². The molecule has 0 fully saturated rings. The van der Waals surface area contributed by atoms with Crippen molar-refractivity contribution in [2.24, 2.45) is 0 Å². The van der Waals surface area contributed by atoms with Crippen LogP contribution >= 0.6 is 11.3 Å². The lowest BCUT2D eigenvalue weighted by Crippen LogP contribution is -2.13. The third-order valence-electron chi connectivity index (χ3n) is 3.49. The predicted octanol–water partition coefficient (Wildman–Crippen LogP) is 3.60. The zero-order valence-electron chi connectivity index (χ0n) is 14.6. The smallest absolute Gasteiger partial charge is 0.343 e. The number of methoxy groups -OCH3 is 1. The van der Waals surface area contributed by atoms with Crippen LogP contribution in [0.1, 0.15) is 40.1 Å². The van der Waals surface area contributed by atoms with Gasteiger partial charge in [0.2, 0.25) is 0 Å². The molecule has 0 saturated heterocycles. The Morgan fingerprint density at radius 3 is 2.60 bits per heavy atom. The van der Waals surface area contributed by atoms with Gasteiger partial charge in [-0.3, -0.25) is 4.79 Å². The summed E-state index contributed by atoms with van der Waals surface area (Å²) in [5.41, 5.74) is 1.41. The Labute approximate surface area is 151 Å². The van der Waals surface area contributed by atoms with Crippen LogP contribution in [0.4, 0.5) is 5.69 Å². The average Bonchev–Trinajstić information content (AvgIpc) is 2.99. The van der Waals surface area contributed by atoms with Gasteiger partial charge in [0.1, 0.15) is 10.6 Å². The molecule has 1 amide bonds. The number of carbonyl (C=O) groups excluding carboxylic acids is 2. The van der Waals surface area contributed by atoms with Gasteiger partial charge in [0, 0.05) is 5.69 Å². The number of ether oxygens (including phenoxy) is 2. The second kappa shape index (κ2) is 9.17. The number of anilines is 1. The van der Waals surface area contributed by atoms with Crippen LogP contribution in [0.15, 0.2) is 24.3 Å². The lowest BCUT2D eigenvalue weighted by atomic mass is 10.2. The first kappa shape index (κ1) is 18.9. The maximum atomic E-state index is 12.4. The van der Waals surface area contributed by atoms with E-state index < -0.39 is 5.97 Å². The van der Waals surface area contributed by atoms with Gasteiger partial charge >= 0.3 is 5.97 Å². The Kier molecular flexibility index (Phi) is 6.94. The van der Waals surface area contributed by atoms with Crippen LogP contribution in [-0.2, 0) is 16.0 Å². The number of benzene rings is 1. The number of nitrogens with zero attached hydrogens (tertiary/aromatic N) is 1. The first-order valence-corrected chi connectivity index (χ1v) is 8.92. The Hall–Kier alpha value is -2.41. The van der Waals surface area contributed by atoms with E-state index in [0.29, 0.717) is 16.3 Å². The molecule has 1 heterocycles. The molecule has 0 spiro atoms. The van der Waals surface area contributed by atoms with Gasteiger partial charge in [-0.2, -0.15) is 0 Å². The summed E-state index contributed by atoms with van der Waals surface area (Å²) in [5, 5.41) is 3.85. The molecule has 2 rings (SSSR count). The van der Waals surface area contributed by atoms with Gasteiger partial charge in [-0.25, -0.2) is 9.78 Å². The lowest BCUT2D eigenvalue weighted by molar-refractivity contribution is -0.142. The van der Waals surface area contributed by atoms with Crippen molar-refractivity contribution in [3.8, 4) is 5.75 Å². The molecule has 6 nitrogen and oxygen atoms in total. The first-order chi connectivity index (χ1) is 12.0. The number of nitrogens with one attached hydrogen (secondary N) is 1. The van der Waals surface area contributed by atoms with Crippen LogP contribution in [0.2, 0.25) is 0 Å². The first-order valence-electron chi connectivity index (χ1n) is 8.10. The summed E-state index contributed by atoms with van der Waals surface area (Å²) in [4.78, 5) is 28.6. The number of thiazole rings is 1. The number of rotatable bonds is 8. The van der Waals surface area contributed by atoms with Gasteiger partial charge < -0.3 is 14.8 Å². The minimum Gasteiger partial charge on any atom is -0.482 e. The topological polar surface area (TPSA) is 77.5 Å². The van der Waals surface area contributed by atoms with Crippen molar-refractivity contribution in [1.29, 1.82) is 0 Å². The summed E-state index contributed by atoms with van der Waals surface area (Å²) < 4.78 is 9.78. The molecule has 134 valence electrons. The fourth-order valence-corrected chi connectivity index (χ4v) is 3.12. The van der Waals surface area contributed by atoms with E-state index in [0.717, 1.165) is 30.0 Å². The molecule has 1 aromatic carbocycles. The number of amides is 1. The quantitative estimate of drug-likeness (QED) is 0.726. The Morgan fingerprint density at radius 1 is 1.24 bits per heavy atom. The molecular weight excluding hydrogens is 340 g/mol. The summed E-state index contributed by atoms with van der Waals surface area (Å²) in [7, 11) is 1.30. The standard InChI is InChI=1S/C18H22N2O4S/c1-4-5-6-15-19-12(2)17(25-15)18(22)20-13-7-9-14(10-8-13)24-11-16(21)23-3/h7-10H,4-6,11H2,1-3H3,(H,20,22). The van der Waals surface area contributed by atoms with Gasteiger partial charge in [-0.15, -0.1) is 11.3 Å². The third kappa shape index (κ3) is 5.56. The zero-order chi connectivity index (χ0) is 18.2. The monoisotopic (exact) mass is 362 g/mol. The van der Waals surface area contributed by atoms with E-state index in [1.54, 1.807) is 24.3 Å². The van der Waals surface area contributed by atoms with Gasteiger partial charge in [0.25, 0.3) is 5.91 Å².